The molecule has 0 aliphatic rings. The molecule has 0 saturated carbocycles. The number of aromatic nitrogens is 6. The van der Waals surface area contributed by atoms with E-state index >= 15 is 0 Å². The summed E-state index contributed by atoms with van der Waals surface area (Å²) < 4.78 is 0. The highest BCUT2D eigenvalue weighted by molar-refractivity contribution is 5.57. The molecule has 0 bridgehead atoms. The third-order valence-electron chi connectivity index (χ3n) is 1.95. The third-order valence-corrected chi connectivity index (χ3v) is 1.95. The maximum absolute atomic E-state index is 5.70. The van der Waals surface area contributed by atoms with Gasteiger partial charge in [0, 0.05) is 0 Å². The molecule has 0 radical (unpaired) electrons. The van der Waals surface area contributed by atoms with Gasteiger partial charge in [-0.05, 0) is 13.8 Å². The Bertz CT molecular complexity index is 430. The van der Waals surface area contributed by atoms with Gasteiger partial charge >= 0.3 is 0 Å². The first-order chi connectivity index (χ1) is 7.16. The van der Waals surface area contributed by atoms with E-state index in [0.29, 0.717) is 17.5 Å². The highest BCUT2D eigenvalue weighted by atomic mass is 15.5. The second-order valence-electron chi connectivity index (χ2n) is 3.22. The van der Waals surface area contributed by atoms with Gasteiger partial charge in [0.05, 0.1) is 6.04 Å². The number of anilines is 2. The van der Waals surface area contributed by atoms with Gasteiger partial charge in [-0.2, -0.15) is 5.21 Å². The first-order valence-electron chi connectivity index (χ1n) is 4.49. The summed E-state index contributed by atoms with van der Waals surface area (Å²) in [4.78, 5) is 7.08. The predicted octanol–water partition coefficient (Wildman–Crippen LogP) is -0.0135. The standard InChI is InChI=1S/C7H12N8/c1-3(6-12-14-15-13-6)9-7-5(8)10-4(2)11-7/h3,9H,8H2,1-2H3,(H,10,11)(H,12,13,14,15). The van der Waals surface area contributed by atoms with E-state index in [-0.39, 0.29) is 6.04 Å². The highest BCUT2D eigenvalue weighted by Gasteiger charge is 2.13. The molecule has 0 spiro atoms. The van der Waals surface area contributed by atoms with Crippen molar-refractivity contribution >= 4 is 11.6 Å². The lowest BCUT2D eigenvalue weighted by Crippen LogP contribution is -2.10. The van der Waals surface area contributed by atoms with Crippen LogP contribution in [0.5, 0.6) is 0 Å². The molecule has 0 aliphatic heterocycles. The number of nitrogen functional groups attached to an aromatic ring is 1. The van der Waals surface area contributed by atoms with Crippen molar-refractivity contribution in [2.75, 3.05) is 11.1 Å². The molecule has 2 rings (SSSR count). The van der Waals surface area contributed by atoms with Crippen LogP contribution in [0.1, 0.15) is 24.6 Å². The maximum atomic E-state index is 5.70. The topological polar surface area (TPSA) is 121 Å². The van der Waals surface area contributed by atoms with Crippen LogP contribution in [0.3, 0.4) is 0 Å². The lowest BCUT2D eigenvalue weighted by atomic mass is 10.3. The number of nitrogens with two attached hydrogens (primary N) is 1. The lowest BCUT2D eigenvalue weighted by molar-refractivity contribution is 0.789. The predicted molar refractivity (Wildman–Crippen MR) is 54.0 cm³/mol. The van der Waals surface area contributed by atoms with E-state index in [1.807, 2.05) is 13.8 Å². The van der Waals surface area contributed by atoms with E-state index in [0.717, 1.165) is 5.82 Å². The quantitative estimate of drug-likeness (QED) is 0.562. The summed E-state index contributed by atoms with van der Waals surface area (Å²) in [5, 5.41) is 16.7. The number of hydrogen-bond donors (Lipinski definition) is 4. The van der Waals surface area contributed by atoms with E-state index in [2.05, 4.69) is 35.9 Å². The Balaban J connectivity index is 2.12. The molecular weight excluding hydrogens is 196 g/mol. The van der Waals surface area contributed by atoms with Crippen molar-refractivity contribution in [1.29, 1.82) is 0 Å². The molecule has 8 heteroatoms. The number of nitrogens with zero attached hydrogens (tertiary/aromatic N) is 4. The number of nitrogens with one attached hydrogen (secondary N) is 3. The first-order valence-corrected chi connectivity index (χ1v) is 4.49. The molecule has 1 unspecified atom stereocenters. The van der Waals surface area contributed by atoms with Crippen molar-refractivity contribution in [2.45, 2.75) is 19.9 Å². The average Bonchev–Trinajstić information content (AvgIpc) is 2.76. The molecule has 80 valence electrons. The normalized spacial score (nSPS) is 12.7. The van der Waals surface area contributed by atoms with Crippen molar-refractivity contribution in [3.8, 4) is 0 Å². The Morgan fingerprint density at radius 2 is 2.27 bits per heavy atom. The molecule has 0 aliphatic carbocycles. The van der Waals surface area contributed by atoms with Gasteiger partial charge in [0.2, 0.25) is 0 Å². The van der Waals surface area contributed by atoms with Crippen molar-refractivity contribution in [2.24, 2.45) is 0 Å². The fourth-order valence-electron chi connectivity index (χ4n) is 1.24. The van der Waals surface area contributed by atoms with Crippen LogP contribution in [0.15, 0.2) is 0 Å². The molecule has 2 aromatic heterocycles. The van der Waals surface area contributed by atoms with E-state index in [1.54, 1.807) is 0 Å². The maximum Gasteiger partial charge on any atom is 0.196 e. The first kappa shape index (κ1) is 9.44. The van der Waals surface area contributed by atoms with Crippen molar-refractivity contribution in [1.82, 2.24) is 30.6 Å². The second-order valence-corrected chi connectivity index (χ2v) is 3.22. The highest BCUT2D eigenvalue weighted by Crippen LogP contribution is 2.19. The van der Waals surface area contributed by atoms with Crippen LogP contribution in [0, 0.1) is 6.92 Å². The van der Waals surface area contributed by atoms with Gasteiger partial charge in [0.15, 0.2) is 11.6 Å². The molecular formula is C7H12N8. The molecule has 0 saturated heterocycles. The van der Waals surface area contributed by atoms with Gasteiger partial charge in [-0.3, -0.25) is 0 Å². The van der Waals surface area contributed by atoms with Gasteiger partial charge in [-0.25, -0.2) is 4.98 Å². The number of imidazole rings is 1. The van der Waals surface area contributed by atoms with Gasteiger partial charge < -0.3 is 16.0 Å². The van der Waals surface area contributed by atoms with Gasteiger partial charge in [-0.15, -0.1) is 10.2 Å². The molecule has 0 aromatic carbocycles. The number of tetrazole rings is 1. The molecule has 0 fully saturated rings. The summed E-state index contributed by atoms with van der Waals surface area (Å²) in [6.07, 6.45) is 0. The minimum Gasteiger partial charge on any atom is -0.382 e. The average molecular weight is 208 g/mol. The monoisotopic (exact) mass is 208 g/mol. The number of aryl methyl sites for hydroxylation is 1. The van der Waals surface area contributed by atoms with Crippen LogP contribution in [-0.2, 0) is 0 Å². The van der Waals surface area contributed by atoms with Gasteiger partial charge in [-0.1, -0.05) is 5.21 Å². The molecule has 2 heterocycles. The number of H-pyrrole nitrogens is 2. The van der Waals surface area contributed by atoms with Crippen LogP contribution < -0.4 is 11.1 Å². The summed E-state index contributed by atoms with van der Waals surface area (Å²) in [6, 6.07) is -0.103. The van der Waals surface area contributed by atoms with E-state index in [9.17, 15) is 0 Å². The second kappa shape index (κ2) is 3.56. The van der Waals surface area contributed by atoms with E-state index in [1.165, 1.54) is 0 Å². The Kier molecular flexibility index (Phi) is 2.24. The molecule has 0 amide bonds. The Morgan fingerprint density at radius 1 is 1.47 bits per heavy atom. The number of hydrogen-bond acceptors (Lipinski definition) is 6. The zero-order chi connectivity index (χ0) is 10.8. The van der Waals surface area contributed by atoms with Crippen LogP contribution in [0.25, 0.3) is 0 Å². The number of rotatable bonds is 3. The molecule has 8 nitrogen and oxygen atoms in total. The number of aromatic amines is 2. The SMILES string of the molecule is Cc1nc(NC(C)c2nn[nH]n2)c(N)[nH]1. The lowest BCUT2D eigenvalue weighted by Gasteiger charge is -2.08. The minimum atomic E-state index is -0.103. The van der Waals surface area contributed by atoms with Crippen LogP contribution in [-0.4, -0.2) is 30.6 Å². The summed E-state index contributed by atoms with van der Waals surface area (Å²) in [7, 11) is 0. The summed E-state index contributed by atoms with van der Waals surface area (Å²) in [5.41, 5.74) is 5.70. The Morgan fingerprint density at radius 3 is 2.80 bits per heavy atom. The Hall–Kier alpha value is -2.12. The van der Waals surface area contributed by atoms with Crippen molar-refractivity contribution in [3.63, 3.8) is 0 Å². The van der Waals surface area contributed by atoms with Crippen LogP contribution in [0.4, 0.5) is 11.6 Å². The van der Waals surface area contributed by atoms with Gasteiger partial charge in [0.25, 0.3) is 0 Å². The van der Waals surface area contributed by atoms with Crippen LogP contribution >= 0.6 is 0 Å². The minimum absolute atomic E-state index is 0.103. The molecule has 2 aromatic rings. The fourth-order valence-corrected chi connectivity index (χ4v) is 1.24. The van der Waals surface area contributed by atoms with Crippen LogP contribution in [0.2, 0.25) is 0 Å². The van der Waals surface area contributed by atoms with Gasteiger partial charge in [0.1, 0.15) is 11.6 Å². The Labute approximate surface area is 85.7 Å². The summed E-state index contributed by atoms with van der Waals surface area (Å²) in [5.74, 6) is 2.43. The zero-order valence-corrected chi connectivity index (χ0v) is 8.44. The molecule has 15 heavy (non-hydrogen) atoms. The van der Waals surface area contributed by atoms with E-state index < -0.39 is 0 Å². The van der Waals surface area contributed by atoms with Crippen molar-refractivity contribution in [3.05, 3.63) is 11.6 Å². The zero-order valence-electron chi connectivity index (χ0n) is 8.44. The smallest absolute Gasteiger partial charge is 0.196 e. The summed E-state index contributed by atoms with van der Waals surface area (Å²) in [6.45, 7) is 3.73. The fraction of sp³-hybridized carbons (Fsp3) is 0.429. The molecule has 5 N–H and O–H groups in total. The third kappa shape index (κ3) is 1.87. The molecule has 1 atom stereocenters. The summed E-state index contributed by atoms with van der Waals surface area (Å²) >= 11 is 0. The largest absolute Gasteiger partial charge is 0.382 e. The van der Waals surface area contributed by atoms with Crippen molar-refractivity contribution < 1.29 is 0 Å². The van der Waals surface area contributed by atoms with E-state index in [4.69, 9.17) is 5.73 Å².